The van der Waals surface area contributed by atoms with Gasteiger partial charge in [0.1, 0.15) is 0 Å². The average Bonchev–Trinajstić information content (AvgIpc) is 2.79. The largest absolute Gasteiger partial charge is 0.382 e. The Balaban J connectivity index is 2.72. The van der Waals surface area contributed by atoms with Crippen molar-refractivity contribution in [2.24, 2.45) is 0 Å². The summed E-state index contributed by atoms with van der Waals surface area (Å²) in [5.74, 6) is 0.580. The lowest BCUT2D eigenvalue weighted by molar-refractivity contribution is 0.602. The first-order valence-corrected chi connectivity index (χ1v) is 8.40. The van der Waals surface area contributed by atoms with Gasteiger partial charge in [0.2, 0.25) is 0 Å². The number of anilines is 2. The molecule has 0 radical (unpaired) electrons. The van der Waals surface area contributed by atoms with Gasteiger partial charge in [-0.1, -0.05) is 0 Å². The number of sulfone groups is 1. The smallest absolute Gasteiger partial charge is 0.252 e. The van der Waals surface area contributed by atoms with Crippen molar-refractivity contribution in [1.82, 2.24) is 19.7 Å². The fourth-order valence-electron chi connectivity index (χ4n) is 2.04. The minimum Gasteiger partial charge on any atom is -0.382 e. The molecule has 114 valence electrons. The predicted molar refractivity (Wildman–Crippen MR) is 80.2 cm³/mol. The van der Waals surface area contributed by atoms with Crippen LogP contribution in [0.2, 0.25) is 0 Å². The number of hydrogen-bond donors (Lipinski definition) is 1. The average molecular weight is 310 g/mol. The van der Waals surface area contributed by atoms with Gasteiger partial charge in [0.05, 0.1) is 0 Å². The quantitative estimate of drug-likeness (QED) is 0.856. The van der Waals surface area contributed by atoms with Crippen LogP contribution in [0.5, 0.6) is 0 Å². The highest BCUT2D eigenvalue weighted by Gasteiger charge is 2.28. The highest BCUT2D eigenvalue weighted by molar-refractivity contribution is 7.91. The monoisotopic (exact) mass is 310 g/mol. The van der Waals surface area contributed by atoms with Gasteiger partial charge in [-0.2, -0.15) is 4.68 Å². The van der Waals surface area contributed by atoms with E-state index in [0.717, 1.165) is 6.26 Å². The molecule has 2 aromatic heterocycles. The highest BCUT2D eigenvalue weighted by Crippen LogP contribution is 2.31. The summed E-state index contributed by atoms with van der Waals surface area (Å²) in [6, 6.07) is 1.66. The molecule has 0 unspecified atom stereocenters. The molecule has 0 atom stereocenters. The summed E-state index contributed by atoms with van der Waals surface area (Å²) >= 11 is 0. The van der Waals surface area contributed by atoms with Gasteiger partial charge >= 0.3 is 0 Å². The maximum atomic E-state index is 12.1. The summed E-state index contributed by atoms with van der Waals surface area (Å²) in [6.07, 6.45) is 4.20. The lowest BCUT2D eigenvalue weighted by atomic mass is 10.4. The van der Waals surface area contributed by atoms with Gasteiger partial charge in [-0.15, -0.1) is 5.10 Å². The first kappa shape index (κ1) is 15.2. The van der Waals surface area contributed by atoms with E-state index in [4.69, 9.17) is 5.73 Å². The van der Waals surface area contributed by atoms with Crippen molar-refractivity contribution in [3.63, 3.8) is 0 Å². The summed E-state index contributed by atoms with van der Waals surface area (Å²) in [4.78, 5) is 9.94. The van der Waals surface area contributed by atoms with E-state index in [1.165, 1.54) is 4.68 Å². The molecule has 0 aromatic carbocycles. The molecule has 2 aromatic rings. The zero-order valence-electron chi connectivity index (χ0n) is 12.2. The second kappa shape index (κ2) is 5.68. The number of nitrogen functional groups attached to an aromatic ring is 1. The Morgan fingerprint density at radius 2 is 1.81 bits per heavy atom. The molecule has 0 spiro atoms. The van der Waals surface area contributed by atoms with E-state index in [1.807, 2.05) is 18.7 Å². The van der Waals surface area contributed by atoms with E-state index in [1.54, 1.807) is 18.5 Å². The number of aromatic nitrogens is 4. The van der Waals surface area contributed by atoms with Crippen molar-refractivity contribution >= 4 is 21.5 Å². The Bertz CT molecular complexity index is 722. The SMILES string of the molecule is CCN(CC)c1nn(-c2ncccn2)c(N)c1S(C)(=O)=O. The van der Waals surface area contributed by atoms with Gasteiger partial charge in [-0.05, 0) is 19.9 Å². The zero-order valence-corrected chi connectivity index (χ0v) is 13.0. The molecule has 0 aliphatic rings. The highest BCUT2D eigenvalue weighted by atomic mass is 32.2. The molecule has 2 heterocycles. The molecular formula is C12H18N6O2S. The van der Waals surface area contributed by atoms with Crippen LogP contribution in [-0.4, -0.2) is 47.5 Å². The lowest BCUT2D eigenvalue weighted by Gasteiger charge is -2.18. The van der Waals surface area contributed by atoms with Crippen molar-refractivity contribution < 1.29 is 8.42 Å². The van der Waals surface area contributed by atoms with E-state index in [2.05, 4.69) is 15.1 Å². The molecule has 8 nitrogen and oxygen atoms in total. The molecule has 21 heavy (non-hydrogen) atoms. The third-order valence-electron chi connectivity index (χ3n) is 3.03. The van der Waals surface area contributed by atoms with Gasteiger partial charge in [0.15, 0.2) is 26.4 Å². The molecule has 2 rings (SSSR count). The minimum absolute atomic E-state index is 0.0126. The predicted octanol–water partition coefficient (Wildman–Crippen LogP) is 0.494. The van der Waals surface area contributed by atoms with Crippen LogP contribution in [0.3, 0.4) is 0 Å². The second-order valence-corrected chi connectivity index (χ2v) is 6.40. The zero-order chi connectivity index (χ0) is 15.6. The summed E-state index contributed by atoms with van der Waals surface area (Å²) in [5, 5.41) is 4.30. The van der Waals surface area contributed by atoms with E-state index < -0.39 is 9.84 Å². The number of nitrogens with zero attached hydrogens (tertiary/aromatic N) is 5. The third-order valence-corrected chi connectivity index (χ3v) is 4.17. The van der Waals surface area contributed by atoms with Crippen molar-refractivity contribution in [1.29, 1.82) is 0 Å². The number of nitrogens with two attached hydrogens (primary N) is 1. The Hall–Kier alpha value is -2.16. The van der Waals surface area contributed by atoms with E-state index in [-0.39, 0.29) is 16.7 Å². The number of rotatable bonds is 5. The van der Waals surface area contributed by atoms with Crippen LogP contribution in [0.25, 0.3) is 5.95 Å². The minimum atomic E-state index is -3.52. The molecule has 0 aliphatic heterocycles. The summed E-state index contributed by atoms with van der Waals surface area (Å²) in [5.41, 5.74) is 5.98. The van der Waals surface area contributed by atoms with Crippen LogP contribution in [-0.2, 0) is 9.84 Å². The van der Waals surface area contributed by atoms with Gasteiger partial charge in [0, 0.05) is 31.7 Å². The maximum Gasteiger partial charge on any atom is 0.252 e. The standard InChI is InChI=1S/C12H18N6O2S/c1-4-17(5-2)11-9(21(3,19)20)10(13)18(16-11)12-14-7-6-8-15-12/h6-8H,4-5,13H2,1-3H3. The Kier molecular flexibility index (Phi) is 4.12. The summed E-state index contributed by atoms with van der Waals surface area (Å²) in [7, 11) is -3.52. The maximum absolute atomic E-state index is 12.1. The molecule has 0 amide bonds. The van der Waals surface area contributed by atoms with Crippen LogP contribution in [0, 0.1) is 0 Å². The van der Waals surface area contributed by atoms with Crippen molar-refractivity contribution in [2.45, 2.75) is 18.7 Å². The van der Waals surface area contributed by atoms with E-state index in [0.29, 0.717) is 18.9 Å². The third kappa shape index (κ3) is 2.82. The molecule has 0 fully saturated rings. The summed E-state index contributed by atoms with van der Waals surface area (Å²) in [6.45, 7) is 5.07. The van der Waals surface area contributed by atoms with Crippen LogP contribution < -0.4 is 10.6 Å². The first-order valence-electron chi connectivity index (χ1n) is 6.51. The fraction of sp³-hybridized carbons (Fsp3) is 0.417. The van der Waals surface area contributed by atoms with Gasteiger partial charge in [-0.25, -0.2) is 18.4 Å². The fourth-order valence-corrected chi connectivity index (χ4v) is 3.01. The van der Waals surface area contributed by atoms with E-state index in [9.17, 15) is 8.42 Å². The molecule has 9 heteroatoms. The van der Waals surface area contributed by atoms with Crippen molar-refractivity contribution in [3.05, 3.63) is 18.5 Å². The van der Waals surface area contributed by atoms with Crippen LogP contribution >= 0.6 is 0 Å². The Morgan fingerprint density at radius 3 is 2.29 bits per heavy atom. The normalized spacial score (nSPS) is 11.6. The van der Waals surface area contributed by atoms with Gasteiger partial charge < -0.3 is 10.6 Å². The van der Waals surface area contributed by atoms with Crippen LogP contribution in [0.1, 0.15) is 13.8 Å². The van der Waals surface area contributed by atoms with Crippen LogP contribution in [0.4, 0.5) is 11.6 Å². The molecule has 2 N–H and O–H groups in total. The van der Waals surface area contributed by atoms with Gasteiger partial charge in [0.25, 0.3) is 5.95 Å². The Morgan fingerprint density at radius 1 is 1.24 bits per heavy atom. The van der Waals surface area contributed by atoms with Crippen LogP contribution in [0.15, 0.2) is 23.4 Å². The van der Waals surface area contributed by atoms with Crippen molar-refractivity contribution in [2.75, 3.05) is 30.0 Å². The van der Waals surface area contributed by atoms with E-state index >= 15 is 0 Å². The first-order chi connectivity index (χ1) is 9.90. The molecule has 0 saturated heterocycles. The molecule has 0 bridgehead atoms. The second-order valence-electron chi connectivity index (χ2n) is 4.44. The number of hydrogen-bond acceptors (Lipinski definition) is 7. The molecular weight excluding hydrogens is 292 g/mol. The topological polar surface area (TPSA) is 107 Å². The lowest BCUT2D eigenvalue weighted by Crippen LogP contribution is -2.24. The molecule has 0 aliphatic carbocycles. The Labute approximate surface area is 123 Å². The van der Waals surface area contributed by atoms with Gasteiger partial charge in [-0.3, -0.25) is 0 Å². The summed E-state index contributed by atoms with van der Waals surface area (Å²) < 4.78 is 25.4. The molecule has 0 saturated carbocycles. The van der Waals surface area contributed by atoms with Crippen molar-refractivity contribution in [3.8, 4) is 5.95 Å².